The van der Waals surface area contributed by atoms with Crippen molar-refractivity contribution < 1.29 is 19.1 Å². The Hall–Kier alpha value is -3.14. The Kier molecular flexibility index (Phi) is 6.64. The number of hydrogen-bond acceptors (Lipinski definition) is 7. The van der Waals surface area contributed by atoms with Crippen LogP contribution in [0.25, 0.3) is 10.2 Å². The molecule has 0 saturated carbocycles. The zero-order valence-electron chi connectivity index (χ0n) is 19.9. The molecule has 35 heavy (non-hydrogen) atoms. The summed E-state index contributed by atoms with van der Waals surface area (Å²) >= 11 is 1.72. The van der Waals surface area contributed by atoms with Crippen molar-refractivity contribution in [2.75, 3.05) is 46.4 Å². The van der Waals surface area contributed by atoms with Gasteiger partial charge in [-0.25, -0.2) is 4.98 Å². The van der Waals surface area contributed by atoms with E-state index in [4.69, 9.17) is 9.72 Å². The highest BCUT2D eigenvalue weighted by Crippen LogP contribution is 2.30. The number of hydrogen-bond donors (Lipinski definition) is 0. The lowest BCUT2D eigenvalue weighted by Crippen LogP contribution is -2.49. The van der Waals surface area contributed by atoms with Crippen molar-refractivity contribution in [2.45, 2.75) is 19.4 Å². The average molecular weight is 493 g/mol. The second-order valence-electron chi connectivity index (χ2n) is 8.89. The Morgan fingerprint density at radius 3 is 2.54 bits per heavy atom. The van der Waals surface area contributed by atoms with E-state index in [1.54, 1.807) is 36.6 Å². The van der Waals surface area contributed by atoms with Gasteiger partial charge in [0.2, 0.25) is 0 Å². The summed E-state index contributed by atoms with van der Waals surface area (Å²) in [5.74, 6) is -0.763. The van der Waals surface area contributed by atoms with E-state index in [9.17, 15) is 14.4 Å². The Morgan fingerprint density at radius 1 is 1.06 bits per heavy atom. The summed E-state index contributed by atoms with van der Waals surface area (Å²) in [4.78, 5) is 48.8. The Balaban J connectivity index is 1.23. The number of amides is 3. The van der Waals surface area contributed by atoms with Gasteiger partial charge in [-0.15, -0.1) is 11.3 Å². The number of methoxy groups -OCH3 is 1. The summed E-state index contributed by atoms with van der Waals surface area (Å²) in [5, 5.41) is 1.09. The van der Waals surface area contributed by atoms with Gasteiger partial charge in [-0.1, -0.05) is 12.1 Å². The Morgan fingerprint density at radius 2 is 1.80 bits per heavy atom. The van der Waals surface area contributed by atoms with Crippen LogP contribution < -0.4 is 0 Å². The molecule has 1 unspecified atom stereocenters. The minimum Gasteiger partial charge on any atom is -0.385 e. The summed E-state index contributed by atoms with van der Waals surface area (Å²) in [6, 6.07) is 13.2. The first-order valence-electron chi connectivity index (χ1n) is 11.9. The van der Waals surface area contributed by atoms with Crippen molar-refractivity contribution in [3.63, 3.8) is 0 Å². The van der Waals surface area contributed by atoms with Gasteiger partial charge >= 0.3 is 0 Å². The van der Waals surface area contributed by atoms with Gasteiger partial charge in [-0.3, -0.25) is 24.2 Å². The van der Waals surface area contributed by atoms with Gasteiger partial charge in [-0.2, -0.15) is 0 Å². The van der Waals surface area contributed by atoms with Gasteiger partial charge in [-0.05, 0) is 43.7 Å². The van der Waals surface area contributed by atoms with E-state index in [1.165, 1.54) is 9.60 Å². The van der Waals surface area contributed by atoms with E-state index in [0.29, 0.717) is 49.4 Å². The fourth-order valence-electron chi connectivity index (χ4n) is 4.71. The highest BCUT2D eigenvalue weighted by molar-refractivity contribution is 7.18. The largest absolute Gasteiger partial charge is 0.385 e. The van der Waals surface area contributed by atoms with Crippen LogP contribution in [0.1, 0.15) is 55.5 Å². The second kappa shape index (κ2) is 9.85. The van der Waals surface area contributed by atoms with Crippen molar-refractivity contribution in [1.29, 1.82) is 0 Å². The molecule has 3 heterocycles. The first-order valence-corrected chi connectivity index (χ1v) is 12.7. The van der Waals surface area contributed by atoms with Crippen LogP contribution in [-0.4, -0.2) is 83.8 Å². The zero-order chi connectivity index (χ0) is 24.5. The molecule has 1 aromatic heterocycles. The van der Waals surface area contributed by atoms with E-state index in [2.05, 4.69) is 17.9 Å². The average Bonchev–Trinajstić information content (AvgIpc) is 3.43. The number of fused-ring (bicyclic) bond motifs is 2. The molecule has 2 aromatic carbocycles. The standard InChI is InChI=1S/C26H28N4O4S/c1-17(23-27-21-6-3-4-7-22(21)35-23)28-11-13-29(14-12-28)24(31)18-8-9-19-20(16-18)26(33)30(25(19)32)10-5-15-34-2/h3-4,6-9,16-17H,5,10-15H2,1-2H3. The summed E-state index contributed by atoms with van der Waals surface area (Å²) in [7, 11) is 1.58. The third-order valence-electron chi connectivity index (χ3n) is 6.76. The fraction of sp³-hybridized carbons (Fsp3) is 0.385. The quantitative estimate of drug-likeness (QED) is 0.371. The molecule has 0 bridgehead atoms. The lowest BCUT2D eigenvalue weighted by Gasteiger charge is -2.37. The number of thiazole rings is 1. The molecular formula is C26H28N4O4S. The number of piperazine rings is 1. The Bertz CT molecular complexity index is 1250. The molecule has 1 atom stereocenters. The van der Waals surface area contributed by atoms with Crippen LogP contribution in [0.15, 0.2) is 42.5 Å². The first-order chi connectivity index (χ1) is 17.0. The molecule has 5 rings (SSSR count). The van der Waals surface area contributed by atoms with E-state index >= 15 is 0 Å². The van der Waals surface area contributed by atoms with E-state index in [1.807, 2.05) is 23.1 Å². The molecule has 1 saturated heterocycles. The van der Waals surface area contributed by atoms with Gasteiger partial charge in [0.25, 0.3) is 17.7 Å². The first kappa shape index (κ1) is 23.6. The lowest BCUT2D eigenvalue weighted by atomic mass is 10.0. The van der Waals surface area contributed by atoms with Crippen LogP contribution in [-0.2, 0) is 4.74 Å². The van der Waals surface area contributed by atoms with Gasteiger partial charge in [0.1, 0.15) is 5.01 Å². The summed E-state index contributed by atoms with van der Waals surface area (Å²) in [5.41, 5.74) is 2.13. The Labute approximate surface area is 208 Å². The van der Waals surface area contributed by atoms with Crippen molar-refractivity contribution >= 4 is 39.3 Å². The molecule has 8 nitrogen and oxygen atoms in total. The molecule has 3 aromatic rings. The molecule has 0 N–H and O–H groups in total. The molecule has 0 aliphatic carbocycles. The predicted molar refractivity (Wildman–Crippen MR) is 134 cm³/mol. The molecule has 2 aliphatic rings. The molecule has 2 aliphatic heterocycles. The van der Waals surface area contributed by atoms with Crippen molar-refractivity contribution in [1.82, 2.24) is 19.7 Å². The highest BCUT2D eigenvalue weighted by Gasteiger charge is 2.36. The van der Waals surface area contributed by atoms with Crippen LogP contribution >= 0.6 is 11.3 Å². The van der Waals surface area contributed by atoms with Crippen molar-refractivity contribution in [3.8, 4) is 0 Å². The smallest absolute Gasteiger partial charge is 0.261 e. The van der Waals surface area contributed by atoms with Crippen LogP contribution in [0.4, 0.5) is 0 Å². The highest BCUT2D eigenvalue weighted by atomic mass is 32.1. The van der Waals surface area contributed by atoms with E-state index in [-0.39, 0.29) is 23.8 Å². The zero-order valence-corrected chi connectivity index (χ0v) is 20.7. The molecule has 0 spiro atoms. The molecule has 0 radical (unpaired) electrons. The molecule has 182 valence electrons. The maximum absolute atomic E-state index is 13.2. The monoisotopic (exact) mass is 492 g/mol. The summed E-state index contributed by atoms with van der Waals surface area (Å²) in [6.07, 6.45) is 0.577. The predicted octanol–water partition coefficient (Wildman–Crippen LogP) is 3.45. The summed E-state index contributed by atoms with van der Waals surface area (Å²) in [6.45, 7) is 5.63. The molecule has 3 amide bonds. The number of ether oxygens (including phenoxy) is 1. The van der Waals surface area contributed by atoms with Crippen LogP contribution in [0, 0.1) is 0 Å². The normalized spacial score (nSPS) is 17.3. The van der Waals surface area contributed by atoms with Gasteiger partial charge in [0, 0.05) is 52.0 Å². The fourth-order valence-corrected chi connectivity index (χ4v) is 5.77. The number of carbonyl (C=O) groups is 3. The number of imide groups is 1. The number of para-hydroxylation sites is 1. The number of carbonyl (C=O) groups excluding carboxylic acids is 3. The van der Waals surface area contributed by atoms with Crippen LogP contribution in [0.5, 0.6) is 0 Å². The third-order valence-corrected chi connectivity index (χ3v) is 7.97. The number of aromatic nitrogens is 1. The number of rotatable bonds is 7. The van der Waals surface area contributed by atoms with Gasteiger partial charge in [0.05, 0.1) is 27.4 Å². The van der Waals surface area contributed by atoms with Gasteiger partial charge in [0.15, 0.2) is 0 Å². The minimum absolute atomic E-state index is 0.113. The maximum atomic E-state index is 13.2. The van der Waals surface area contributed by atoms with E-state index in [0.717, 1.165) is 23.6 Å². The van der Waals surface area contributed by atoms with Gasteiger partial charge < -0.3 is 9.64 Å². The summed E-state index contributed by atoms with van der Waals surface area (Å²) < 4.78 is 6.21. The molecule has 1 fully saturated rings. The van der Waals surface area contributed by atoms with Crippen molar-refractivity contribution in [2.24, 2.45) is 0 Å². The van der Waals surface area contributed by atoms with Crippen LogP contribution in [0.3, 0.4) is 0 Å². The topological polar surface area (TPSA) is 83.1 Å². The lowest BCUT2D eigenvalue weighted by molar-refractivity contribution is 0.0581. The number of nitrogens with zero attached hydrogens (tertiary/aromatic N) is 4. The maximum Gasteiger partial charge on any atom is 0.261 e. The number of benzene rings is 2. The van der Waals surface area contributed by atoms with Crippen LogP contribution in [0.2, 0.25) is 0 Å². The molecular weight excluding hydrogens is 464 g/mol. The molecule has 9 heteroatoms. The van der Waals surface area contributed by atoms with E-state index < -0.39 is 0 Å². The SMILES string of the molecule is COCCCN1C(=O)c2ccc(C(=O)N3CCN(C(C)c4nc5ccccc5s4)CC3)cc2C1=O. The van der Waals surface area contributed by atoms with Crippen molar-refractivity contribution in [3.05, 3.63) is 64.2 Å². The second-order valence-corrected chi connectivity index (χ2v) is 9.95. The third kappa shape index (κ3) is 4.47. The minimum atomic E-state index is -0.342.